The van der Waals surface area contributed by atoms with Gasteiger partial charge in [-0.25, -0.2) is 0 Å². The molecule has 3 atom stereocenters. The number of carbonyl (C=O) groups is 1. The molecule has 0 saturated heterocycles. The van der Waals surface area contributed by atoms with Crippen molar-refractivity contribution in [3.8, 4) is 5.75 Å². The van der Waals surface area contributed by atoms with Gasteiger partial charge in [0.05, 0.1) is 6.61 Å². The number of amides is 1. The van der Waals surface area contributed by atoms with Crippen LogP contribution in [0.1, 0.15) is 63.5 Å². The summed E-state index contributed by atoms with van der Waals surface area (Å²) in [5.74, 6) is 0.951. The predicted molar refractivity (Wildman–Crippen MR) is 108 cm³/mol. The molecule has 4 heteroatoms. The number of ether oxygens (including phenoxy) is 1. The van der Waals surface area contributed by atoms with Gasteiger partial charge in [-0.3, -0.25) is 4.79 Å². The number of rotatable bonds is 7. The summed E-state index contributed by atoms with van der Waals surface area (Å²) >= 11 is 0. The van der Waals surface area contributed by atoms with Gasteiger partial charge in [-0.15, -0.1) is 6.58 Å². The van der Waals surface area contributed by atoms with Gasteiger partial charge in [-0.05, 0) is 37.3 Å². The number of aryl methyl sites for hydroxylation is 1. The fourth-order valence-corrected chi connectivity index (χ4v) is 4.72. The Balaban J connectivity index is 1.83. The molecule has 1 unspecified atom stereocenters. The minimum absolute atomic E-state index is 0.0388. The number of nitrogens with zero attached hydrogens (tertiary/aromatic N) is 1. The molecule has 1 heterocycles. The lowest BCUT2D eigenvalue weighted by Crippen LogP contribution is -2.53. The largest absolute Gasteiger partial charge is 0.493 e. The normalized spacial score (nSPS) is 26.5. The Kier molecular flexibility index (Phi) is 6.25. The van der Waals surface area contributed by atoms with Crippen molar-refractivity contribution in [3.05, 3.63) is 42.0 Å². The molecule has 1 saturated carbocycles. The molecular formula is C23H33NO3. The lowest BCUT2D eigenvalue weighted by Gasteiger charge is -2.49. The first-order valence-corrected chi connectivity index (χ1v) is 10.4. The molecule has 1 aromatic carbocycles. The van der Waals surface area contributed by atoms with E-state index >= 15 is 0 Å². The van der Waals surface area contributed by atoms with Crippen molar-refractivity contribution in [2.45, 2.75) is 70.4 Å². The Morgan fingerprint density at radius 2 is 2.22 bits per heavy atom. The van der Waals surface area contributed by atoms with Crippen molar-refractivity contribution in [2.24, 2.45) is 5.92 Å². The number of fused-ring (bicyclic) bond motifs is 3. The maximum Gasteiger partial charge on any atom is 0.219 e. The van der Waals surface area contributed by atoms with Gasteiger partial charge in [-0.2, -0.15) is 0 Å². The molecule has 2 aliphatic rings. The van der Waals surface area contributed by atoms with Crippen LogP contribution in [0.4, 0.5) is 0 Å². The van der Waals surface area contributed by atoms with Gasteiger partial charge in [0.15, 0.2) is 0 Å². The zero-order valence-electron chi connectivity index (χ0n) is 16.7. The third kappa shape index (κ3) is 4.06. The molecule has 148 valence electrons. The highest BCUT2D eigenvalue weighted by atomic mass is 16.5. The highest BCUT2D eigenvalue weighted by molar-refractivity contribution is 5.73. The van der Waals surface area contributed by atoms with E-state index in [0.717, 1.165) is 30.6 Å². The van der Waals surface area contributed by atoms with Crippen molar-refractivity contribution in [1.29, 1.82) is 0 Å². The number of benzene rings is 1. The van der Waals surface area contributed by atoms with Gasteiger partial charge in [0.1, 0.15) is 11.4 Å². The van der Waals surface area contributed by atoms with E-state index in [1.807, 2.05) is 4.90 Å². The Morgan fingerprint density at radius 1 is 1.41 bits per heavy atom. The fraction of sp³-hybridized carbons (Fsp3) is 0.609. The first-order valence-electron chi connectivity index (χ1n) is 10.4. The quantitative estimate of drug-likeness (QED) is 0.577. The third-order valence-electron chi connectivity index (χ3n) is 6.26. The number of aliphatic hydroxyl groups is 1. The molecule has 4 nitrogen and oxygen atoms in total. The van der Waals surface area contributed by atoms with Gasteiger partial charge >= 0.3 is 0 Å². The van der Waals surface area contributed by atoms with Crippen LogP contribution in [-0.2, 0) is 16.8 Å². The molecule has 1 N–H and O–H groups in total. The third-order valence-corrected chi connectivity index (χ3v) is 6.26. The number of hydrogen-bond donors (Lipinski definition) is 1. The monoisotopic (exact) mass is 371 g/mol. The van der Waals surface area contributed by atoms with E-state index in [9.17, 15) is 9.90 Å². The molecular weight excluding hydrogens is 338 g/mol. The number of unbranched alkanes of at least 4 members (excludes halogenated alkanes) is 2. The Hall–Kier alpha value is -1.81. The molecule has 27 heavy (non-hydrogen) atoms. The van der Waals surface area contributed by atoms with Crippen molar-refractivity contribution in [3.63, 3.8) is 0 Å². The van der Waals surface area contributed by atoms with E-state index in [-0.39, 0.29) is 17.9 Å². The summed E-state index contributed by atoms with van der Waals surface area (Å²) in [7, 11) is 0. The van der Waals surface area contributed by atoms with Gasteiger partial charge in [0.25, 0.3) is 0 Å². The molecule has 1 aliphatic heterocycles. The zero-order valence-corrected chi connectivity index (χ0v) is 16.7. The van der Waals surface area contributed by atoms with Crippen LogP contribution in [0.3, 0.4) is 0 Å². The van der Waals surface area contributed by atoms with Crippen molar-refractivity contribution >= 4 is 5.91 Å². The van der Waals surface area contributed by atoms with Crippen LogP contribution >= 0.6 is 0 Å². The van der Waals surface area contributed by atoms with Gasteiger partial charge in [0, 0.05) is 37.4 Å². The van der Waals surface area contributed by atoms with E-state index < -0.39 is 5.60 Å². The summed E-state index contributed by atoms with van der Waals surface area (Å²) in [6, 6.07) is 6.33. The van der Waals surface area contributed by atoms with Crippen LogP contribution in [0.15, 0.2) is 30.9 Å². The molecule has 1 amide bonds. The highest BCUT2D eigenvalue weighted by Gasteiger charge is 2.49. The minimum Gasteiger partial charge on any atom is -0.493 e. The summed E-state index contributed by atoms with van der Waals surface area (Å²) < 4.78 is 6.04. The van der Waals surface area contributed by atoms with E-state index in [1.165, 1.54) is 24.8 Å². The summed E-state index contributed by atoms with van der Waals surface area (Å²) in [6.07, 6.45) is 8.76. The van der Waals surface area contributed by atoms with Crippen LogP contribution in [0.5, 0.6) is 5.75 Å². The molecule has 1 aliphatic carbocycles. The summed E-state index contributed by atoms with van der Waals surface area (Å²) in [6.45, 7) is 8.66. The topological polar surface area (TPSA) is 49.8 Å². The van der Waals surface area contributed by atoms with Gasteiger partial charge in [-0.1, -0.05) is 38.0 Å². The second-order valence-corrected chi connectivity index (χ2v) is 8.12. The molecule has 1 aromatic rings. The van der Waals surface area contributed by atoms with E-state index in [0.29, 0.717) is 19.6 Å². The maximum absolute atomic E-state index is 12.1. The van der Waals surface area contributed by atoms with Gasteiger partial charge < -0.3 is 14.7 Å². The smallest absolute Gasteiger partial charge is 0.219 e. The van der Waals surface area contributed by atoms with E-state index in [4.69, 9.17) is 4.74 Å². The standard InChI is InChI=1S/C23H33NO3/c1-4-6-7-8-18-9-12-21-22(14-18)27-16-19-10-11-20(15-23(19,21)26)24(13-5-2)17(3)25/h5,9,12,14,19-20,26H,2,4,6-8,10-11,13,15-16H2,1,3H3/t19-,20?,23+/m1/s1. The molecule has 0 aromatic heterocycles. The summed E-state index contributed by atoms with van der Waals surface area (Å²) in [5.41, 5.74) is 1.24. The molecule has 0 spiro atoms. The average molecular weight is 372 g/mol. The van der Waals surface area contributed by atoms with Crippen molar-refractivity contribution in [1.82, 2.24) is 4.90 Å². The summed E-state index contributed by atoms with van der Waals surface area (Å²) in [4.78, 5) is 13.9. The molecule has 1 fully saturated rings. The zero-order chi connectivity index (χ0) is 19.4. The van der Waals surface area contributed by atoms with Crippen molar-refractivity contribution < 1.29 is 14.6 Å². The fourth-order valence-electron chi connectivity index (χ4n) is 4.72. The van der Waals surface area contributed by atoms with Crippen LogP contribution in [-0.4, -0.2) is 35.1 Å². The molecule has 0 bridgehead atoms. The van der Waals surface area contributed by atoms with Crippen LogP contribution in [0.2, 0.25) is 0 Å². The van der Waals surface area contributed by atoms with Crippen LogP contribution in [0.25, 0.3) is 0 Å². The molecule has 3 rings (SSSR count). The Morgan fingerprint density at radius 3 is 2.93 bits per heavy atom. The average Bonchev–Trinajstić information content (AvgIpc) is 2.65. The van der Waals surface area contributed by atoms with E-state index in [2.05, 4.69) is 31.7 Å². The van der Waals surface area contributed by atoms with E-state index in [1.54, 1.807) is 13.0 Å². The van der Waals surface area contributed by atoms with Gasteiger partial charge in [0.2, 0.25) is 5.91 Å². The molecule has 0 radical (unpaired) electrons. The first-order chi connectivity index (χ1) is 13.0. The van der Waals surface area contributed by atoms with Crippen LogP contribution < -0.4 is 4.74 Å². The second-order valence-electron chi connectivity index (χ2n) is 8.12. The lowest BCUT2D eigenvalue weighted by molar-refractivity contribution is -0.139. The number of carbonyl (C=O) groups excluding carboxylic acids is 1. The SMILES string of the molecule is C=CCN(C(C)=O)C1CC[C@@H]2COc3cc(CCCCC)ccc3[C@]2(O)C1. The number of hydrogen-bond acceptors (Lipinski definition) is 3. The lowest BCUT2D eigenvalue weighted by atomic mass is 9.68. The Labute approximate surface area is 163 Å². The minimum atomic E-state index is -0.923. The maximum atomic E-state index is 12.1. The van der Waals surface area contributed by atoms with Crippen LogP contribution in [0, 0.1) is 5.92 Å². The highest BCUT2D eigenvalue weighted by Crippen LogP contribution is 2.49. The second kappa shape index (κ2) is 8.47. The first kappa shape index (κ1) is 19.9. The Bertz CT molecular complexity index is 686. The predicted octanol–water partition coefficient (Wildman–Crippen LogP) is 4.20. The van der Waals surface area contributed by atoms with Crippen molar-refractivity contribution in [2.75, 3.05) is 13.2 Å². The summed E-state index contributed by atoms with van der Waals surface area (Å²) in [5, 5.41) is 11.7.